The van der Waals surface area contributed by atoms with E-state index >= 15 is 0 Å². The second kappa shape index (κ2) is 29.7. The van der Waals surface area contributed by atoms with Gasteiger partial charge >= 0.3 is 33.9 Å². The van der Waals surface area contributed by atoms with Gasteiger partial charge in [0.05, 0.1) is 0 Å². The van der Waals surface area contributed by atoms with Crippen molar-refractivity contribution in [1.82, 2.24) is 0 Å². The number of hydrogen-bond acceptors (Lipinski definition) is 0. The van der Waals surface area contributed by atoms with E-state index in [1.54, 1.807) is 18.2 Å². The molecule has 1 rings (SSSR count). The molecular formula is C9H5CrFO3. The van der Waals surface area contributed by atoms with Gasteiger partial charge in [-0.1, -0.05) is 18.2 Å². The molecule has 0 N–H and O–H groups in total. The molecule has 0 spiro atoms. The maximum atomic E-state index is 11.9. The van der Waals surface area contributed by atoms with Crippen LogP contribution in [0.3, 0.4) is 0 Å². The molecular weight excluding hydrogens is 227 g/mol. The SMILES string of the molecule is Fc1ccccc1.[C-]#[O+].[C-]#[O+].[C-]#[O+].[Cr]. The number of rotatable bonds is 0. The summed E-state index contributed by atoms with van der Waals surface area (Å²) in [5, 5.41) is 0. The summed E-state index contributed by atoms with van der Waals surface area (Å²) in [6.45, 7) is 13.5. The van der Waals surface area contributed by atoms with Gasteiger partial charge in [0, 0.05) is 17.4 Å². The number of halogens is 1. The van der Waals surface area contributed by atoms with Crippen LogP contribution in [0.4, 0.5) is 4.39 Å². The van der Waals surface area contributed by atoms with Gasteiger partial charge in [0.2, 0.25) is 0 Å². The second-order valence-electron chi connectivity index (χ2n) is 1.30. The van der Waals surface area contributed by atoms with Gasteiger partial charge in [-0.05, 0) is 12.1 Å². The van der Waals surface area contributed by atoms with Crippen LogP contribution in [-0.4, -0.2) is 0 Å². The first-order chi connectivity index (χ1) is 6.39. The predicted molar refractivity (Wildman–Crippen MR) is 38.2 cm³/mol. The number of hydrogen-bond donors (Lipinski definition) is 0. The molecule has 5 heteroatoms. The smallest absolute Gasteiger partial charge is 0 e. The Kier molecular flexibility index (Phi) is 48.9. The van der Waals surface area contributed by atoms with E-state index in [-0.39, 0.29) is 23.2 Å². The molecule has 0 bridgehead atoms. The molecule has 0 aliphatic heterocycles. The van der Waals surface area contributed by atoms with Crippen LogP contribution in [0.5, 0.6) is 0 Å². The van der Waals surface area contributed by atoms with Crippen LogP contribution >= 0.6 is 0 Å². The molecule has 0 aliphatic carbocycles. The van der Waals surface area contributed by atoms with E-state index in [0.29, 0.717) is 0 Å². The van der Waals surface area contributed by atoms with E-state index in [1.165, 1.54) is 12.1 Å². The second-order valence-corrected chi connectivity index (χ2v) is 1.30. The first kappa shape index (κ1) is 23.1. The van der Waals surface area contributed by atoms with Crippen molar-refractivity contribution in [3.63, 3.8) is 0 Å². The largest absolute Gasteiger partial charge is 0 e. The van der Waals surface area contributed by atoms with Gasteiger partial charge in [-0.15, -0.1) is 0 Å². The summed E-state index contributed by atoms with van der Waals surface area (Å²) in [4.78, 5) is 0. The molecule has 0 unspecified atom stereocenters. The molecule has 3 nitrogen and oxygen atoms in total. The fourth-order valence-corrected chi connectivity index (χ4v) is 0.415. The van der Waals surface area contributed by atoms with Crippen molar-refractivity contribution in [2.24, 2.45) is 0 Å². The van der Waals surface area contributed by atoms with Crippen molar-refractivity contribution in [3.05, 3.63) is 56.1 Å². The van der Waals surface area contributed by atoms with Crippen LogP contribution in [0, 0.1) is 25.8 Å². The first-order valence-corrected chi connectivity index (χ1v) is 2.71. The van der Waals surface area contributed by atoms with Gasteiger partial charge in [-0.2, -0.15) is 0 Å². The standard InChI is InChI=1S/C6H5F.3CO.Cr/c7-6-4-2-1-3-5-6;3*1-2;/h1-5H;;;;. The van der Waals surface area contributed by atoms with Gasteiger partial charge in [-0.25, -0.2) is 4.39 Å². The summed E-state index contributed by atoms with van der Waals surface area (Å²) in [6, 6.07) is 7.94. The molecule has 14 heavy (non-hydrogen) atoms. The van der Waals surface area contributed by atoms with Crippen LogP contribution in [0.25, 0.3) is 0 Å². The first-order valence-electron chi connectivity index (χ1n) is 2.71. The quantitative estimate of drug-likeness (QED) is 0.483. The van der Waals surface area contributed by atoms with E-state index < -0.39 is 0 Å². The third-order valence-corrected chi connectivity index (χ3v) is 0.733. The Hall–Kier alpha value is -1.10. The third-order valence-electron chi connectivity index (χ3n) is 0.733. The van der Waals surface area contributed by atoms with Gasteiger partial charge < -0.3 is 0 Å². The van der Waals surface area contributed by atoms with Crippen molar-refractivity contribution in [3.8, 4) is 0 Å². The number of benzene rings is 1. The minimum absolute atomic E-state index is 0. The zero-order chi connectivity index (χ0) is 11.1. The van der Waals surface area contributed by atoms with Crippen molar-refractivity contribution in [2.45, 2.75) is 0 Å². The predicted octanol–water partition coefficient (Wildman–Crippen LogP) is 1.71. The van der Waals surface area contributed by atoms with Crippen LogP contribution in [0.15, 0.2) is 30.3 Å². The van der Waals surface area contributed by atoms with Crippen molar-refractivity contribution >= 4 is 0 Å². The summed E-state index contributed by atoms with van der Waals surface area (Å²) in [6.07, 6.45) is 0. The molecule has 0 amide bonds. The topological polar surface area (TPSA) is 59.7 Å². The van der Waals surface area contributed by atoms with E-state index in [4.69, 9.17) is 14.0 Å². The third kappa shape index (κ3) is 22.4. The van der Waals surface area contributed by atoms with Crippen LogP contribution in [0.2, 0.25) is 0 Å². The van der Waals surface area contributed by atoms with E-state index in [2.05, 4.69) is 20.0 Å². The van der Waals surface area contributed by atoms with Crippen LogP contribution in [0.1, 0.15) is 0 Å². The Bertz CT molecular complexity index is 229. The molecule has 1 aromatic carbocycles. The van der Waals surface area contributed by atoms with E-state index in [1.807, 2.05) is 0 Å². The normalized spacial score (nSPS) is 4.79. The fraction of sp³-hybridized carbons (Fsp3) is 0. The van der Waals surface area contributed by atoms with Crippen molar-refractivity contribution in [2.75, 3.05) is 0 Å². The summed E-state index contributed by atoms with van der Waals surface area (Å²) in [5.41, 5.74) is 0. The van der Waals surface area contributed by atoms with E-state index in [0.717, 1.165) is 0 Å². The summed E-state index contributed by atoms with van der Waals surface area (Å²) < 4.78 is 34.4. The zero-order valence-electron chi connectivity index (χ0n) is 6.90. The molecule has 0 saturated heterocycles. The van der Waals surface area contributed by atoms with Gasteiger partial charge in [-0.3, -0.25) is 0 Å². The van der Waals surface area contributed by atoms with Crippen LogP contribution in [-0.2, 0) is 31.3 Å². The Morgan fingerprint density at radius 1 is 0.786 bits per heavy atom. The maximum absolute atomic E-state index is 11.9. The molecule has 0 atom stereocenters. The monoisotopic (exact) mass is 232 g/mol. The maximum Gasteiger partial charge on any atom is 0 e. The van der Waals surface area contributed by atoms with Crippen molar-refractivity contribution in [1.29, 1.82) is 0 Å². The zero-order valence-corrected chi connectivity index (χ0v) is 8.17. The average Bonchev–Trinajstić information content (AvgIpc) is 2.28. The molecule has 0 heterocycles. The van der Waals surface area contributed by atoms with E-state index in [9.17, 15) is 4.39 Å². The van der Waals surface area contributed by atoms with Gasteiger partial charge in [0.1, 0.15) is 5.82 Å². The van der Waals surface area contributed by atoms with Gasteiger partial charge in [0.15, 0.2) is 0 Å². The van der Waals surface area contributed by atoms with Crippen molar-refractivity contribution < 1.29 is 35.7 Å². The Labute approximate surface area is 92.2 Å². The molecule has 0 saturated carbocycles. The molecule has 0 fully saturated rings. The fourth-order valence-electron chi connectivity index (χ4n) is 0.415. The minimum Gasteiger partial charge on any atom is 0 e. The molecule has 0 aliphatic rings. The summed E-state index contributed by atoms with van der Waals surface area (Å²) >= 11 is 0. The summed E-state index contributed by atoms with van der Waals surface area (Å²) in [5.74, 6) is -0.178. The minimum atomic E-state index is -0.178. The molecule has 1 aromatic rings. The van der Waals surface area contributed by atoms with Gasteiger partial charge in [0.25, 0.3) is 0 Å². The summed E-state index contributed by atoms with van der Waals surface area (Å²) in [7, 11) is 0. The Balaban J connectivity index is -0.0000000625. The Morgan fingerprint density at radius 3 is 1.21 bits per heavy atom. The van der Waals surface area contributed by atoms with Crippen LogP contribution < -0.4 is 0 Å². The molecule has 72 valence electrons. The average molecular weight is 232 g/mol. The molecule has 0 aromatic heterocycles. The Morgan fingerprint density at radius 2 is 1.07 bits per heavy atom. The molecule has 0 radical (unpaired) electrons.